The highest BCUT2D eigenvalue weighted by Crippen LogP contribution is 2.20. The lowest BCUT2D eigenvalue weighted by Gasteiger charge is -2.05. The monoisotopic (exact) mass is 226 g/mol. The van der Waals surface area contributed by atoms with Gasteiger partial charge in [-0.3, -0.25) is 9.78 Å². The van der Waals surface area contributed by atoms with E-state index in [0.717, 1.165) is 16.8 Å². The second-order valence-corrected chi connectivity index (χ2v) is 3.73. The van der Waals surface area contributed by atoms with Crippen LogP contribution in [-0.4, -0.2) is 10.9 Å². The van der Waals surface area contributed by atoms with E-state index in [1.165, 1.54) is 0 Å². The fraction of sp³-hybridized carbons (Fsp3) is 0.143. The van der Waals surface area contributed by atoms with Gasteiger partial charge in [0.25, 0.3) is 0 Å². The Kier molecular flexibility index (Phi) is 3.50. The first-order valence-corrected chi connectivity index (χ1v) is 5.60. The summed E-state index contributed by atoms with van der Waals surface area (Å²) in [6, 6.07) is 11.9. The van der Waals surface area contributed by atoms with Crippen molar-refractivity contribution < 1.29 is 4.79 Å². The summed E-state index contributed by atoms with van der Waals surface area (Å²) in [4.78, 5) is 15.4. The fourth-order valence-corrected chi connectivity index (χ4v) is 1.55. The normalized spacial score (nSPS) is 9.94. The van der Waals surface area contributed by atoms with Gasteiger partial charge in [0.15, 0.2) is 0 Å². The largest absolute Gasteiger partial charge is 0.325 e. The summed E-state index contributed by atoms with van der Waals surface area (Å²) in [5, 5.41) is 2.80. The number of carbonyl (C=O) groups excluding carboxylic acids is 1. The number of aromatic nitrogens is 1. The van der Waals surface area contributed by atoms with Gasteiger partial charge in [-0.2, -0.15) is 0 Å². The summed E-state index contributed by atoms with van der Waals surface area (Å²) in [6.07, 6.45) is 3.91. The molecule has 0 radical (unpaired) electrons. The van der Waals surface area contributed by atoms with Gasteiger partial charge in [0, 0.05) is 18.2 Å². The fourth-order valence-electron chi connectivity index (χ4n) is 1.55. The van der Waals surface area contributed by atoms with Gasteiger partial charge in [0.1, 0.15) is 0 Å². The number of anilines is 1. The van der Waals surface area contributed by atoms with E-state index in [9.17, 15) is 4.79 Å². The Labute approximate surface area is 101 Å². The number of carbonyl (C=O) groups is 1. The van der Waals surface area contributed by atoms with E-state index in [2.05, 4.69) is 10.3 Å². The van der Waals surface area contributed by atoms with Crippen LogP contribution in [0.4, 0.5) is 5.69 Å². The Balaban J connectivity index is 2.26. The van der Waals surface area contributed by atoms with Gasteiger partial charge < -0.3 is 5.32 Å². The van der Waals surface area contributed by atoms with Crippen LogP contribution in [0.5, 0.6) is 0 Å². The number of hydrogen-bond donors (Lipinski definition) is 1. The maximum absolute atomic E-state index is 11.3. The molecular formula is C14H14N2O. The molecule has 0 fully saturated rings. The minimum atomic E-state index is -0.00277. The molecule has 1 amide bonds. The maximum atomic E-state index is 11.3. The van der Waals surface area contributed by atoms with E-state index < -0.39 is 0 Å². The van der Waals surface area contributed by atoms with Crippen molar-refractivity contribution in [1.29, 1.82) is 0 Å². The lowest BCUT2D eigenvalue weighted by molar-refractivity contribution is -0.115. The number of rotatable bonds is 3. The van der Waals surface area contributed by atoms with Crippen LogP contribution in [0.15, 0.2) is 48.8 Å². The Hall–Kier alpha value is -2.16. The Morgan fingerprint density at radius 2 is 1.94 bits per heavy atom. The number of hydrogen-bond acceptors (Lipinski definition) is 2. The predicted molar refractivity (Wildman–Crippen MR) is 68.6 cm³/mol. The molecule has 1 N–H and O–H groups in total. The molecule has 1 heterocycles. The Morgan fingerprint density at radius 3 is 2.65 bits per heavy atom. The smallest absolute Gasteiger partial charge is 0.224 e. The first-order chi connectivity index (χ1) is 8.29. The highest BCUT2D eigenvalue weighted by Gasteiger charge is 2.02. The molecule has 1 aromatic carbocycles. The van der Waals surface area contributed by atoms with Gasteiger partial charge in [-0.1, -0.05) is 37.3 Å². The van der Waals surface area contributed by atoms with Crippen molar-refractivity contribution in [3.63, 3.8) is 0 Å². The zero-order chi connectivity index (χ0) is 12.1. The standard InChI is InChI=1S/C14H14N2O/c1-2-14(17)16-13-8-12(9-15-10-13)11-6-4-3-5-7-11/h3-10H,2H2,1H3,(H,16,17). The van der Waals surface area contributed by atoms with E-state index in [0.29, 0.717) is 6.42 Å². The van der Waals surface area contributed by atoms with Crippen molar-refractivity contribution in [2.24, 2.45) is 0 Å². The second-order valence-electron chi connectivity index (χ2n) is 3.73. The average molecular weight is 226 g/mol. The van der Waals surface area contributed by atoms with Crippen molar-refractivity contribution in [3.05, 3.63) is 48.8 Å². The quantitative estimate of drug-likeness (QED) is 0.873. The third-order valence-electron chi connectivity index (χ3n) is 2.45. The van der Waals surface area contributed by atoms with Crippen LogP contribution in [0, 0.1) is 0 Å². The van der Waals surface area contributed by atoms with Crippen LogP contribution in [0.1, 0.15) is 13.3 Å². The van der Waals surface area contributed by atoms with Crippen LogP contribution < -0.4 is 5.32 Å². The van der Waals surface area contributed by atoms with Gasteiger partial charge in [0.2, 0.25) is 5.91 Å². The molecular weight excluding hydrogens is 212 g/mol. The van der Waals surface area contributed by atoms with Crippen LogP contribution in [0.3, 0.4) is 0 Å². The molecule has 2 rings (SSSR count). The molecule has 0 aliphatic heterocycles. The summed E-state index contributed by atoms with van der Waals surface area (Å²) in [5.74, 6) is -0.00277. The van der Waals surface area contributed by atoms with Gasteiger partial charge in [-0.25, -0.2) is 0 Å². The van der Waals surface area contributed by atoms with Crippen LogP contribution >= 0.6 is 0 Å². The Bertz CT molecular complexity index is 509. The summed E-state index contributed by atoms with van der Waals surface area (Å²) in [5.41, 5.74) is 2.82. The lowest BCUT2D eigenvalue weighted by atomic mass is 10.1. The molecule has 86 valence electrons. The van der Waals surface area contributed by atoms with Crippen molar-refractivity contribution in [1.82, 2.24) is 4.98 Å². The molecule has 2 aromatic rings. The van der Waals surface area contributed by atoms with Crippen molar-refractivity contribution in [2.45, 2.75) is 13.3 Å². The number of benzene rings is 1. The van der Waals surface area contributed by atoms with E-state index in [4.69, 9.17) is 0 Å². The van der Waals surface area contributed by atoms with Crippen molar-refractivity contribution >= 4 is 11.6 Å². The summed E-state index contributed by atoms with van der Waals surface area (Å²) >= 11 is 0. The summed E-state index contributed by atoms with van der Waals surface area (Å²) in [6.45, 7) is 1.82. The molecule has 0 saturated carbocycles. The average Bonchev–Trinajstić information content (AvgIpc) is 2.40. The summed E-state index contributed by atoms with van der Waals surface area (Å²) in [7, 11) is 0. The molecule has 0 spiro atoms. The second kappa shape index (κ2) is 5.25. The Morgan fingerprint density at radius 1 is 1.18 bits per heavy atom. The molecule has 1 aromatic heterocycles. The van der Waals surface area contributed by atoms with Crippen LogP contribution in [0.2, 0.25) is 0 Å². The molecule has 3 heteroatoms. The number of pyridine rings is 1. The molecule has 0 atom stereocenters. The van der Waals surface area contributed by atoms with Crippen LogP contribution in [-0.2, 0) is 4.79 Å². The predicted octanol–water partition coefficient (Wildman–Crippen LogP) is 3.10. The molecule has 17 heavy (non-hydrogen) atoms. The molecule has 0 unspecified atom stereocenters. The van der Waals surface area contributed by atoms with E-state index >= 15 is 0 Å². The third kappa shape index (κ3) is 2.91. The zero-order valence-corrected chi connectivity index (χ0v) is 9.68. The minimum Gasteiger partial charge on any atom is -0.325 e. The van der Waals surface area contributed by atoms with Gasteiger partial charge in [-0.05, 0) is 11.6 Å². The molecule has 3 nitrogen and oxygen atoms in total. The van der Waals surface area contributed by atoms with E-state index in [1.807, 2.05) is 43.3 Å². The third-order valence-corrected chi connectivity index (χ3v) is 2.45. The molecule has 0 aliphatic rings. The van der Waals surface area contributed by atoms with E-state index in [1.54, 1.807) is 12.4 Å². The van der Waals surface area contributed by atoms with Gasteiger partial charge in [0.05, 0.1) is 11.9 Å². The highest BCUT2D eigenvalue weighted by molar-refractivity contribution is 5.90. The van der Waals surface area contributed by atoms with Crippen molar-refractivity contribution in [2.75, 3.05) is 5.32 Å². The lowest BCUT2D eigenvalue weighted by Crippen LogP contribution is -2.09. The first kappa shape index (κ1) is 11.3. The molecule has 0 saturated heterocycles. The SMILES string of the molecule is CCC(=O)Nc1cncc(-c2ccccc2)c1. The molecule has 0 aliphatic carbocycles. The number of amides is 1. The zero-order valence-electron chi connectivity index (χ0n) is 9.68. The number of nitrogens with zero attached hydrogens (tertiary/aromatic N) is 1. The minimum absolute atomic E-state index is 0.00277. The maximum Gasteiger partial charge on any atom is 0.224 e. The topological polar surface area (TPSA) is 42.0 Å². The molecule has 0 bridgehead atoms. The van der Waals surface area contributed by atoms with Gasteiger partial charge >= 0.3 is 0 Å². The number of nitrogens with one attached hydrogen (secondary N) is 1. The van der Waals surface area contributed by atoms with Crippen molar-refractivity contribution in [3.8, 4) is 11.1 Å². The highest BCUT2D eigenvalue weighted by atomic mass is 16.1. The van der Waals surface area contributed by atoms with Crippen LogP contribution in [0.25, 0.3) is 11.1 Å². The first-order valence-electron chi connectivity index (χ1n) is 5.60. The summed E-state index contributed by atoms with van der Waals surface area (Å²) < 4.78 is 0. The van der Waals surface area contributed by atoms with E-state index in [-0.39, 0.29) is 5.91 Å². The van der Waals surface area contributed by atoms with Gasteiger partial charge in [-0.15, -0.1) is 0 Å².